The van der Waals surface area contributed by atoms with E-state index < -0.39 is 0 Å². The zero-order chi connectivity index (χ0) is 13.9. The highest BCUT2D eigenvalue weighted by atomic mass is 16.6. The molecule has 0 spiro atoms. The molecule has 20 heavy (non-hydrogen) atoms. The van der Waals surface area contributed by atoms with Crippen molar-refractivity contribution in [1.82, 2.24) is 10.3 Å². The zero-order valence-electron chi connectivity index (χ0n) is 10.3. The van der Waals surface area contributed by atoms with Gasteiger partial charge >= 0.3 is 0 Å². The summed E-state index contributed by atoms with van der Waals surface area (Å²) >= 11 is 0. The first-order valence-corrected chi connectivity index (χ1v) is 5.83. The highest BCUT2D eigenvalue weighted by Crippen LogP contribution is 2.25. The van der Waals surface area contributed by atoms with Crippen molar-refractivity contribution in [2.75, 3.05) is 11.2 Å². The van der Waals surface area contributed by atoms with Gasteiger partial charge in [0, 0.05) is 5.56 Å². The second kappa shape index (κ2) is 4.88. The van der Waals surface area contributed by atoms with E-state index in [9.17, 15) is 5.11 Å². The summed E-state index contributed by atoms with van der Waals surface area (Å²) < 4.78 is 4.43. The molecule has 0 saturated carbocycles. The molecule has 0 fully saturated rings. The van der Waals surface area contributed by atoms with Crippen LogP contribution < -0.4 is 11.2 Å². The van der Waals surface area contributed by atoms with Gasteiger partial charge < -0.3 is 10.8 Å². The van der Waals surface area contributed by atoms with Gasteiger partial charge in [-0.2, -0.15) is 5.10 Å². The molecular weight excluding hydrogens is 258 g/mol. The van der Waals surface area contributed by atoms with Crippen LogP contribution in [-0.4, -0.2) is 21.6 Å². The van der Waals surface area contributed by atoms with Gasteiger partial charge in [-0.3, -0.25) is 5.43 Å². The molecule has 0 unspecified atom stereocenters. The molecule has 4 N–H and O–H groups in total. The smallest absolute Gasteiger partial charge is 0.235 e. The first-order valence-electron chi connectivity index (χ1n) is 5.83. The normalized spacial score (nSPS) is 11.2. The maximum Gasteiger partial charge on any atom is 0.235 e. The van der Waals surface area contributed by atoms with Crippen molar-refractivity contribution in [3.8, 4) is 5.75 Å². The Balaban J connectivity index is 1.94. The van der Waals surface area contributed by atoms with Crippen LogP contribution in [0.2, 0.25) is 0 Å². The Bertz CT molecular complexity index is 781. The van der Waals surface area contributed by atoms with Gasteiger partial charge in [-0.15, -0.1) is 0 Å². The number of rotatable bonds is 3. The maximum absolute atomic E-state index is 9.93. The molecular formula is C13H11N5O2. The predicted molar refractivity (Wildman–Crippen MR) is 75.5 cm³/mol. The van der Waals surface area contributed by atoms with E-state index in [0.29, 0.717) is 5.56 Å². The third-order valence-corrected chi connectivity index (χ3v) is 2.83. The Morgan fingerprint density at radius 3 is 2.85 bits per heavy atom. The van der Waals surface area contributed by atoms with E-state index in [-0.39, 0.29) is 17.4 Å². The van der Waals surface area contributed by atoms with E-state index in [4.69, 9.17) is 5.73 Å². The van der Waals surface area contributed by atoms with E-state index in [2.05, 4.69) is 25.5 Å². The van der Waals surface area contributed by atoms with E-state index in [0.717, 1.165) is 10.8 Å². The van der Waals surface area contributed by atoms with Crippen LogP contribution >= 0.6 is 0 Å². The molecule has 1 heterocycles. The van der Waals surface area contributed by atoms with Crippen LogP contribution in [0, 0.1) is 0 Å². The molecule has 0 aliphatic rings. The third kappa shape index (κ3) is 2.12. The summed E-state index contributed by atoms with van der Waals surface area (Å²) in [6.45, 7) is 0. The second-order valence-corrected chi connectivity index (χ2v) is 4.09. The first-order chi connectivity index (χ1) is 9.75. The fourth-order valence-corrected chi connectivity index (χ4v) is 1.85. The summed E-state index contributed by atoms with van der Waals surface area (Å²) in [5, 5.41) is 22.8. The van der Waals surface area contributed by atoms with Crippen molar-refractivity contribution < 1.29 is 9.74 Å². The number of nitrogens with one attached hydrogen (secondary N) is 1. The number of nitrogen functional groups attached to an aromatic ring is 1. The van der Waals surface area contributed by atoms with E-state index in [1.807, 2.05) is 30.3 Å². The van der Waals surface area contributed by atoms with Crippen LogP contribution in [0.15, 0.2) is 46.1 Å². The number of fused-ring (bicyclic) bond motifs is 1. The number of hydrazone groups is 1. The van der Waals surface area contributed by atoms with Crippen molar-refractivity contribution in [2.45, 2.75) is 0 Å². The van der Waals surface area contributed by atoms with Gasteiger partial charge in [0.1, 0.15) is 5.75 Å². The SMILES string of the molecule is Nc1nonc1N/N=C\c1c(O)ccc2ccccc12. The van der Waals surface area contributed by atoms with Gasteiger partial charge in [0.15, 0.2) is 0 Å². The summed E-state index contributed by atoms with van der Waals surface area (Å²) in [4.78, 5) is 0. The number of benzene rings is 2. The quantitative estimate of drug-likeness (QED) is 0.495. The van der Waals surface area contributed by atoms with Gasteiger partial charge in [-0.05, 0) is 27.2 Å². The number of anilines is 2. The lowest BCUT2D eigenvalue weighted by Crippen LogP contribution is -1.96. The number of phenolic OH excluding ortho intramolecular Hbond substituents is 1. The molecule has 2 aromatic carbocycles. The van der Waals surface area contributed by atoms with Crippen molar-refractivity contribution in [3.63, 3.8) is 0 Å². The van der Waals surface area contributed by atoms with Gasteiger partial charge in [0.25, 0.3) is 0 Å². The van der Waals surface area contributed by atoms with Crippen LogP contribution in [0.3, 0.4) is 0 Å². The highest BCUT2D eigenvalue weighted by Gasteiger charge is 2.05. The van der Waals surface area contributed by atoms with Crippen LogP contribution in [0.5, 0.6) is 5.75 Å². The fourth-order valence-electron chi connectivity index (χ4n) is 1.85. The Morgan fingerprint density at radius 2 is 2.05 bits per heavy atom. The molecule has 0 bridgehead atoms. The molecule has 0 saturated heterocycles. The van der Waals surface area contributed by atoms with Gasteiger partial charge in [-0.1, -0.05) is 30.3 Å². The van der Waals surface area contributed by atoms with Crippen molar-refractivity contribution in [3.05, 3.63) is 42.0 Å². The molecule has 7 heteroatoms. The van der Waals surface area contributed by atoms with Crippen molar-refractivity contribution in [1.29, 1.82) is 0 Å². The zero-order valence-corrected chi connectivity index (χ0v) is 10.3. The second-order valence-electron chi connectivity index (χ2n) is 4.09. The van der Waals surface area contributed by atoms with Crippen molar-refractivity contribution >= 4 is 28.6 Å². The van der Waals surface area contributed by atoms with E-state index in [1.165, 1.54) is 6.21 Å². The third-order valence-electron chi connectivity index (χ3n) is 2.83. The van der Waals surface area contributed by atoms with Crippen LogP contribution in [0.1, 0.15) is 5.56 Å². The number of aromatic nitrogens is 2. The monoisotopic (exact) mass is 269 g/mol. The minimum absolute atomic E-state index is 0.115. The lowest BCUT2D eigenvalue weighted by atomic mass is 10.0. The minimum atomic E-state index is 0.115. The average molecular weight is 269 g/mol. The molecule has 0 radical (unpaired) electrons. The van der Waals surface area contributed by atoms with Gasteiger partial charge in [0.2, 0.25) is 11.6 Å². The average Bonchev–Trinajstić information content (AvgIpc) is 2.87. The number of hydrogen-bond acceptors (Lipinski definition) is 7. The Kier molecular flexibility index (Phi) is 2.92. The molecule has 0 aliphatic heterocycles. The van der Waals surface area contributed by atoms with Crippen LogP contribution in [-0.2, 0) is 0 Å². The number of phenols is 1. The summed E-state index contributed by atoms with van der Waals surface area (Å²) in [7, 11) is 0. The van der Waals surface area contributed by atoms with E-state index in [1.54, 1.807) is 6.07 Å². The molecule has 3 rings (SSSR count). The summed E-state index contributed by atoms with van der Waals surface area (Å²) in [5.41, 5.74) is 8.69. The standard InChI is InChI=1S/C13H11N5O2/c14-12-13(18-20-17-12)16-15-7-10-9-4-2-1-3-8(9)5-6-11(10)19/h1-7,19H,(H2,14,17)(H,16,18)/b15-7-. The molecule has 7 nitrogen and oxygen atoms in total. The summed E-state index contributed by atoms with van der Waals surface area (Å²) in [6.07, 6.45) is 1.49. The topological polar surface area (TPSA) is 110 Å². The van der Waals surface area contributed by atoms with E-state index >= 15 is 0 Å². The number of aromatic hydroxyl groups is 1. The highest BCUT2D eigenvalue weighted by molar-refractivity contribution is 6.02. The van der Waals surface area contributed by atoms with Crippen molar-refractivity contribution in [2.24, 2.45) is 5.10 Å². The largest absolute Gasteiger partial charge is 0.507 e. The first kappa shape index (κ1) is 12.0. The Labute approximate surface area is 113 Å². The minimum Gasteiger partial charge on any atom is -0.507 e. The number of nitrogens with zero attached hydrogens (tertiary/aromatic N) is 3. The molecule has 3 aromatic rings. The van der Waals surface area contributed by atoms with Gasteiger partial charge in [0.05, 0.1) is 6.21 Å². The lowest BCUT2D eigenvalue weighted by molar-refractivity contribution is 0.310. The predicted octanol–water partition coefficient (Wildman–Crippen LogP) is 1.96. The molecule has 0 atom stereocenters. The molecule has 0 amide bonds. The summed E-state index contributed by atoms with van der Waals surface area (Å²) in [6, 6.07) is 11.2. The molecule has 0 aliphatic carbocycles. The fraction of sp³-hybridized carbons (Fsp3) is 0. The maximum atomic E-state index is 9.93. The molecule has 100 valence electrons. The number of nitrogens with two attached hydrogens (primary N) is 1. The Hall–Kier alpha value is -3.09. The molecule has 1 aromatic heterocycles. The van der Waals surface area contributed by atoms with Gasteiger partial charge in [-0.25, -0.2) is 4.63 Å². The van der Waals surface area contributed by atoms with Crippen LogP contribution in [0.25, 0.3) is 10.8 Å². The number of hydrogen-bond donors (Lipinski definition) is 3. The van der Waals surface area contributed by atoms with Crippen LogP contribution in [0.4, 0.5) is 11.6 Å². The Morgan fingerprint density at radius 1 is 1.20 bits per heavy atom. The summed E-state index contributed by atoms with van der Waals surface area (Å²) in [5.74, 6) is 0.478. The lowest BCUT2D eigenvalue weighted by Gasteiger charge is -2.04.